The van der Waals surface area contributed by atoms with Gasteiger partial charge in [-0.1, -0.05) is 0 Å². The number of likely N-dealkylation sites (N-methyl/N-ethyl adjacent to an activating group) is 1. The zero-order valence-electron chi connectivity index (χ0n) is 11.2. The van der Waals surface area contributed by atoms with Crippen molar-refractivity contribution in [2.45, 2.75) is 25.4 Å². The zero-order chi connectivity index (χ0) is 13.8. The van der Waals surface area contributed by atoms with Crippen LogP contribution in [-0.4, -0.2) is 53.4 Å². The molecule has 2 rings (SSSR count). The SMILES string of the molecule is CNC(=O)CCN(C)C(=O)C1Cc2nc[nH]c2CN1. The third-order valence-corrected chi connectivity index (χ3v) is 3.36. The average Bonchev–Trinajstić information content (AvgIpc) is 2.90. The maximum Gasteiger partial charge on any atom is 0.239 e. The molecular formula is C12H19N5O2. The highest BCUT2D eigenvalue weighted by atomic mass is 16.2. The smallest absolute Gasteiger partial charge is 0.239 e. The van der Waals surface area contributed by atoms with Gasteiger partial charge >= 0.3 is 0 Å². The normalized spacial score (nSPS) is 17.7. The van der Waals surface area contributed by atoms with Gasteiger partial charge in [0.15, 0.2) is 0 Å². The molecule has 0 saturated carbocycles. The van der Waals surface area contributed by atoms with Crippen LogP contribution >= 0.6 is 0 Å². The van der Waals surface area contributed by atoms with Crippen molar-refractivity contribution in [1.29, 1.82) is 0 Å². The van der Waals surface area contributed by atoms with Crippen LogP contribution in [0.25, 0.3) is 0 Å². The van der Waals surface area contributed by atoms with Crippen molar-refractivity contribution in [3.05, 3.63) is 17.7 Å². The number of hydrogen-bond donors (Lipinski definition) is 3. The highest BCUT2D eigenvalue weighted by Gasteiger charge is 2.27. The number of carbonyl (C=O) groups is 2. The summed E-state index contributed by atoms with van der Waals surface area (Å²) in [6, 6.07) is -0.259. The van der Waals surface area contributed by atoms with Gasteiger partial charge in [-0.25, -0.2) is 4.98 Å². The standard InChI is InChI=1S/C12H19N5O2/c1-13-11(18)3-4-17(2)12(19)9-5-8-10(6-14-9)16-7-15-8/h7,9,14H,3-6H2,1-2H3,(H,13,18)(H,15,16). The van der Waals surface area contributed by atoms with Crippen LogP contribution in [0.2, 0.25) is 0 Å². The molecule has 1 unspecified atom stereocenters. The van der Waals surface area contributed by atoms with Gasteiger partial charge in [0.05, 0.1) is 23.8 Å². The van der Waals surface area contributed by atoms with Crippen LogP contribution in [0.15, 0.2) is 6.33 Å². The molecule has 104 valence electrons. The summed E-state index contributed by atoms with van der Waals surface area (Å²) in [5.41, 5.74) is 1.98. The lowest BCUT2D eigenvalue weighted by Gasteiger charge is -2.27. The second kappa shape index (κ2) is 5.83. The third kappa shape index (κ3) is 3.11. The number of rotatable bonds is 4. The Hall–Kier alpha value is -1.89. The predicted octanol–water partition coefficient (Wildman–Crippen LogP) is -0.981. The Balaban J connectivity index is 1.88. The fraction of sp³-hybridized carbons (Fsp3) is 0.583. The van der Waals surface area contributed by atoms with E-state index in [1.165, 1.54) is 0 Å². The van der Waals surface area contributed by atoms with Gasteiger partial charge in [-0.3, -0.25) is 14.9 Å². The van der Waals surface area contributed by atoms with Gasteiger partial charge in [0.25, 0.3) is 0 Å². The number of hydrogen-bond acceptors (Lipinski definition) is 4. The van der Waals surface area contributed by atoms with Crippen LogP contribution in [-0.2, 0) is 22.6 Å². The number of nitrogens with zero attached hydrogens (tertiary/aromatic N) is 2. The van der Waals surface area contributed by atoms with Crippen molar-refractivity contribution in [2.24, 2.45) is 0 Å². The van der Waals surface area contributed by atoms with Crippen molar-refractivity contribution in [2.75, 3.05) is 20.6 Å². The molecule has 0 saturated heterocycles. The summed E-state index contributed by atoms with van der Waals surface area (Å²) < 4.78 is 0. The van der Waals surface area contributed by atoms with Gasteiger partial charge in [0.2, 0.25) is 11.8 Å². The first-order valence-corrected chi connectivity index (χ1v) is 6.32. The highest BCUT2D eigenvalue weighted by Crippen LogP contribution is 2.13. The molecule has 0 bridgehead atoms. The molecule has 19 heavy (non-hydrogen) atoms. The Bertz CT molecular complexity index is 470. The van der Waals surface area contributed by atoms with E-state index in [0.29, 0.717) is 25.9 Å². The fourth-order valence-electron chi connectivity index (χ4n) is 2.11. The number of aromatic nitrogens is 2. The number of imidazole rings is 1. The van der Waals surface area contributed by atoms with Gasteiger partial charge in [-0.15, -0.1) is 0 Å². The molecule has 0 aromatic carbocycles. The average molecular weight is 265 g/mol. The van der Waals surface area contributed by atoms with Gasteiger partial charge in [-0.05, 0) is 0 Å². The van der Waals surface area contributed by atoms with Crippen LogP contribution in [0.3, 0.4) is 0 Å². The maximum absolute atomic E-state index is 12.2. The van der Waals surface area contributed by atoms with E-state index in [1.807, 2.05) is 0 Å². The molecule has 1 aliphatic rings. The van der Waals surface area contributed by atoms with Crippen molar-refractivity contribution in [3.8, 4) is 0 Å². The van der Waals surface area contributed by atoms with E-state index in [-0.39, 0.29) is 17.9 Å². The van der Waals surface area contributed by atoms with Crippen molar-refractivity contribution in [3.63, 3.8) is 0 Å². The van der Waals surface area contributed by atoms with E-state index >= 15 is 0 Å². The molecule has 1 aromatic heterocycles. The molecule has 1 aromatic rings. The van der Waals surface area contributed by atoms with Crippen LogP contribution in [0.5, 0.6) is 0 Å². The zero-order valence-corrected chi connectivity index (χ0v) is 11.2. The number of amides is 2. The third-order valence-electron chi connectivity index (χ3n) is 3.36. The van der Waals surface area contributed by atoms with E-state index < -0.39 is 0 Å². The van der Waals surface area contributed by atoms with Crippen LogP contribution in [0.1, 0.15) is 17.8 Å². The summed E-state index contributed by atoms with van der Waals surface area (Å²) >= 11 is 0. The summed E-state index contributed by atoms with van der Waals surface area (Å²) in [6.45, 7) is 1.04. The summed E-state index contributed by atoms with van der Waals surface area (Å²) in [6.07, 6.45) is 2.55. The number of aromatic amines is 1. The second-order valence-corrected chi connectivity index (χ2v) is 4.65. The quantitative estimate of drug-likeness (QED) is 0.652. The number of H-pyrrole nitrogens is 1. The van der Waals surface area contributed by atoms with Gasteiger partial charge in [0, 0.05) is 40.0 Å². The van der Waals surface area contributed by atoms with Gasteiger partial charge in [0.1, 0.15) is 0 Å². The minimum Gasteiger partial charge on any atom is -0.359 e. The summed E-state index contributed by atoms with van der Waals surface area (Å²) in [5.74, 6) is -0.0663. The van der Waals surface area contributed by atoms with Crippen molar-refractivity contribution in [1.82, 2.24) is 25.5 Å². The minimum absolute atomic E-state index is 0.00227. The molecule has 2 heterocycles. The Morgan fingerprint density at radius 1 is 1.58 bits per heavy atom. The topological polar surface area (TPSA) is 90.1 Å². The van der Waals surface area contributed by atoms with Crippen molar-refractivity contribution < 1.29 is 9.59 Å². The number of nitrogens with one attached hydrogen (secondary N) is 3. The van der Waals surface area contributed by atoms with E-state index in [4.69, 9.17) is 0 Å². The molecule has 0 fully saturated rings. The van der Waals surface area contributed by atoms with E-state index in [9.17, 15) is 9.59 Å². The number of fused-ring (bicyclic) bond motifs is 1. The van der Waals surface area contributed by atoms with Crippen LogP contribution in [0, 0.1) is 0 Å². The Kier molecular flexibility index (Phi) is 4.16. The summed E-state index contributed by atoms with van der Waals surface area (Å²) in [5, 5.41) is 5.72. The van der Waals surface area contributed by atoms with Crippen LogP contribution < -0.4 is 10.6 Å². The molecule has 0 aliphatic carbocycles. The molecular weight excluding hydrogens is 246 g/mol. The summed E-state index contributed by atoms with van der Waals surface area (Å²) in [4.78, 5) is 32.2. The van der Waals surface area contributed by atoms with Crippen LogP contribution in [0.4, 0.5) is 0 Å². The largest absolute Gasteiger partial charge is 0.359 e. The lowest BCUT2D eigenvalue weighted by atomic mass is 10.0. The van der Waals surface area contributed by atoms with Gasteiger partial charge < -0.3 is 15.2 Å². The molecule has 1 atom stereocenters. The molecule has 7 nitrogen and oxygen atoms in total. The lowest BCUT2D eigenvalue weighted by molar-refractivity contribution is -0.132. The second-order valence-electron chi connectivity index (χ2n) is 4.65. The maximum atomic E-state index is 12.2. The first-order chi connectivity index (χ1) is 9.11. The fourth-order valence-corrected chi connectivity index (χ4v) is 2.11. The summed E-state index contributed by atoms with van der Waals surface area (Å²) in [7, 11) is 3.30. The van der Waals surface area contributed by atoms with Crippen molar-refractivity contribution >= 4 is 11.8 Å². The van der Waals surface area contributed by atoms with E-state index in [1.54, 1.807) is 25.3 Å². The molecule has 7 heteroatoms. The molecule has 2 amide bonds. The number of carbonyl (C=O) groups excluding carboxylic acids is 2. The lowest BCUT2D eigenvalue weighted by Crippen LogP contribution is -2.48. The monoisotopic (exact) mass is 265 g/mol. The Labute approximate surface area is 111 Å². The first-order valence-electron chi connectivity index (χ1n) is 6.32. The van der Waals surface area contributed by atoms with E-state index in [0.717, 1.165) is 11.4 Å². The Morgan fingerprint density at radius 2 is 2.37 bits per heavy atom. The highest BCUT2D eigenvalue weighted by molar-refractivity contribution is 5.83. The minimum atomic E-state index is -0.259. The Morgan fingerprint density at radius 3 is 3.11 bits per heavy atom. The van der Waals surface area contributed by atoms with E-state index in [2.05, 4.69) is 20.6 Å². The first kappa shape index (κ1) is 13.5. The predicted molar refractivity (Wildman–Crippen MR) is 69.2 cm³/mol. The molecule has 0 spiro atoms. The molecule has 1 aliphatic heterocycles. The van der Waals surface area contributed by atoms with Gasteiger partial charge in [-0.2, -0.15) is 0 Å². The molecule has 3 N–H and O–H groups in total. The molecule has 0 radical (unpaired) electrons.